The van der Waals surface area contributed by atoms with E-state index in [2.05, 4.69) is 151 Å². The molecule has 0 saturated heterocycles. The van der Waals surface area contributed by atoms with Crippen molar-refractivity contribution in [1.29, 1.82) is 0 Å². The highest BCUT2D eigenvalue weighted by atomic mass is 14.3. The third-order valence-electron chi connectivity index (χ3n) is 8.00. The van der Waals surface area contributed by atoms with Gasteiger partial charge in [-0.1, -0.05) is 133 Å². The van der Waals surface area contributed by atoms with Crippen LogP contribution in [0.15, 0.2) is 103 Å². The summed E-state index contributed by atoms with van der Waals surface area (Å²) in [6.07, 6.45) is 11.7. The highest BCUT2D eigenvalue weighted by Crippen LogP contribution is 2.37. The summed E-state index contributed by atoms with van der Waals surface area (Å²) in [7, 11) is 0. The maximum atomic E-state index is 3.92. The zero-order valence-corrected chi connectivity index (χ0v) is 24.0. The van der Waals surface area contributed by atoms with Gasteiger partial charge < -0.3 is 0 Å². The van der Waals surface area contributed by atoms with Gasteiger partial charge in [0.15, 0.2) is 0 Å². The Morgan fingerprint density at radius 1 is 0.692 bits per heavy atom. The molecule has 39 heavy (non-hydrogen) atoms. The van der Waals surface area contributed by atoms with Gasteiger partial charge in [-0.25, -0.2) is 0 Å². The van der Waals surface area contributed by atoms with E-state index in [1.807, 2.05) is 0 Å². The summed E-state index contributed by atoms with van der Waals surface area (Å²) in [4.78, 5) is 0. The molecular formula is C39H37. The van der Waals surface area contributed by atoms with Crippen LogP contribution >= 0.6 is 0 Å². The molecule has 0 fully saturated rings. The first-order valence-electron chi connectivity index (χ1n) is 14.1. The summed E-state index contributed by atoms with van der Waals surface area (Å²) in [5.41, 5.74) is 13.1. The molecule has 0 nitrogen and oxygen atoms in total. The van der Waals surface area contributed by atoms with Crippen LogP contribution in [0.1, 0.15) is 81.3 Å². The Hall–Kier alpha value is -3.90. The van der Waals surface area contributed by atoms with E-state index in [-0.39, 0.29) is 10.8 Å². The Morgan fingerprint density at radius 3 is 1.87 bits per heavy atom. The van der Waals surface area contributed by atoms with Crippen LogP contribution in [0.2, 0.25) is 0 Å². The number of fused-ring (bicyclic) bond motifs is 3. The number of benzene rings is 4. The lowest BCUT2D eigenvalue weighted by Crippen LogP contribution is -2.32. The van der Waals surface area contributed by atoms with E-state index >= 15 is 0 Å². The molecule has 2 aliphatic carbocycles. The van der Waals surface area contributed by atoms with E-state index in [1.165, 1.54) is 66.1 Å². The second-order valence-electron chi connectivity index (χ2n) is 12.9. The van der Waals surface area contributed by atoms with Gasteiger partial charge in [-0.2, -0.15) is 0 Å². The third kappa shape index (κ3) is 4.53. The highest BCUT2D eigenvalue weighted by Gasteiger charge is 2.29. The Labute approximate surface area is 233 Å². The van der Waals surface area contributed by atoms with Crippen LogP contribution in [0.4, 0.5) is 0 Å². The first-order valence-corrected chi connectivity index (χ1v) is 14.1. The van der Waals surface area contributed by atoms with Crippen LogP contribution in [-0.4, -0.2) is 0 Å². The summed E-state index contributed by atoms with van der Waals surface area (Å²) in [6, 6.07) is 31.3. The average molecular weight is 506 g/mol. The van der Waals surface area contributed by atoms with Crippen molar-refractivity contribution in [3.05, 3.63) is 147 Å². The normalized spacial score (nSPS) is 14.1. The molecule has 0 spiro atoms. The molecule has 0 N–H and O–H groups in total. The quantitative estimate of drug-likeness (QED) is 0.230. The lowest BCUT2D eigenvalue weighted by atomic mass is 9.76. The van der Waals surface area contributed by atoms with Gasteiger partial charge in [0, 0.05) is 0 Å². The first-order chi connectivity index (χ1) is 18.6. The van der Waals surface area contributed by atoms with Gasteiger partial charge >= 0.3 is 0 Å². The summed E-state index contributed by atoms with van der Waals surface area (Å²) < 4.78 is 0. The second kappa shape index (κ2) is 9.38. The topological polar surface area (TPSA) is 0 Å². The number of allylic oxidation sites excluding steroid dienone is 4. The molecule has 0 saturated carbocycles. The summed E-state index contributed by atoms with van der Waals surface area (Å²) >= 11 is 0. The first kappa shape index (κ1) is 25.4. The fourth-order valence-corrected chi connectivity index (χ4v) is 6.13. The predicted octanol–water partition coefficient (Wildman–Crippen LogP) is 8.56. The standard InChI is InChI=1S/C39H37/c1-38(2,3)30-21-22-31-29(23-30)24-33-32(31)25-34(37(39(4,5)6)36(33)28-19-13-14-20-28)35(26-15-9-7-10-16-26)27-17-11-8-12-18-27/h7-19,21-23,25H,20H2,1-6H3. The van der Waals surface area contributed by atoms with Crippen molar-refractivity contribution >= 4 is 17.2 Å². The second-order valence-corrected chi connectivity index (χ2v) is 12.9. The molecule has 2 aliphatic rings. The monoisotopic (exact) mass is 505 g/mol. The lowest BCUT2D eigenvalue weighted by Gasteiger charge is -2.27. The third-order valence-corrected chi connectivity index (χ3v) is 8.00. The van der Waals surface area contributed by atoms with E-state index in [9.17, 15) is 0 Å². The number of rotatable bonds is 3. The van der Waals surface area contributed by atoms with Gasteiger partial charge in [0.2, 0.25) is 0 Å². The van der Waals surface area contributed by atoms with Gasteiger partial charge in [0.25, 0.3) is 0 Å². The minimum Gasteiger partial charge on any atom is -0.0801 e. The van der Waals surface area contributed by atoms with Gasteiger partial charge in [0.1, 0.15) is 0 Å². The summed E-state index contributed by atoms with van der Waals surface area (Å²) in [5.74, 6) is 0. The fourth-order valence-electron chi connectivity index (χ4n) is 6.13. The van der Waals surface area contributed by atoms with Gasteiger partial charge in [-0.3, -0.25) is 0 Å². The molecule has 0 bridgehead atoms. The Bertz CT molecular complexity index is 1710. The molecule has 193 valence electrons. The van der Waals surface area contributed by atoms with Crippen LogP contribution < -0.4 is 10.4 Å². The lowest BCUT2D eigenvalue weighted by molar-refractivity contribution is 0.583. The van der Waals surface area contributed by atoms with Crippen LogP contribution in [0.5, 0.6) is 0 Å². The molecule has 0 atom stereocenters. The molecule has 0 aliphatic heterocycles. The average Bonchev–Trinajstić information content (AvgIpc) is 3.56. The molecule has 0 amide bonds. The van der Waals surface area contributed by atoms with Crippen molar-refractivity contribution in [3.8, 4) is 11.1 Å². The number of hydrogen-bond donors (Lipinski definition) is 0. The SMILES string of the molecule is CC(C)(C)c1ccc2c(c1)[C]=c1c-2cc(=C(c2ccccc2)c2ccccc2)c(C(C)(C)C)c1C1=CC=CC1. The van der Waals surface area contributed by atoms with Crippen LogP contribution in [-0.2, 0) is 10.8 Å². The van der Waals surface area contributed by atoms with Gasteiger partial charge in [-0.15, -0.1) is 0 Å². The summed E-state index contributed by atoms with van der Waals surface area (Å²) in [5, 5.41) is 2.57. The fraction of sp³-hybridized carbons (Fsp3) is 0.231. The molecule has 1 radical (unpaired) electrons. The maximum Gasteiger partial charge on any atom is -0.000731 e. The van der Waals surface area contributed by atoms with Gasteiger partial charge in [0.05, 0.1) is 0 Å². The maximum absolute atomic E-state index is 3.92. The zero-order valence-electron chi connectivity index (χ0n) is 24.0. The molecule has 0 unspecified atom stereocenters. The number of hydrogen-bond acceptors (Lipinski definition) is 0. The largest absolute Gasteiger partial charge is 0.0801 e. The minimum absolute atomic E-state index is 0.0784. The Balaban J connectivity index is 1.82. The van der Waals surface area contributed by atoms with Crippen LogP contribution in [0.25, 0.3) is 28.3 Å². The molecular weight excluding hydrogens is 468 g/mol. The van der Waals surface area contributed by atoms with E-state index in [1.54, 1.807) is 0 Å². The van der Waals surface area contributed by atoms with E-state index < -0.39 is 0 Å². The molecule has 0 heteroatoms. The van der Waals surface area contributed by atoms with E-state index in [4.69, 9.17) is 0 Å². The zero-order chi connectivity index (χ0) is 27.4. The predicted molar refractivity (Wildman–Crippen MR) is 167 cm³/mol. The van der Waals surface area contributed by atoms with E-state index in [0.29, 0.717) is 0 Å². The van der Waals surface area contributed by atoms with Crippen molar-refractivity contribution in [2.24, 2.45) is 0 Å². The van der Waals surface area contributed by atoms with Crippen molar-refractivity contribution in [3.63, 3.8) is 0 Å². The van der Waals surface area contributed by atoms with Crippen LogP contribution in [0, 0.1) is 0 Å². The van der Waals surface area contributed by atoms with Crippen molar-refractivity contribution < 1.29 is 0 Å². The Morgan fingerprint density at radius 2 is 1.33 bits per heavy atom. The molecule has 6 rings (SSSR count). The smallest absolute Gasteiger partial charge is 0.000731 e. The highest BCUT2D eigenvalue weighted by molar-refractivity contribution is 5.91. The van der Waals surface area contributed by atoms with E-state index in [0.717, 1.165) is 6.42 Å². The summed E-state index contributed by atoms with van der Waals surface area (Å²) in [6.45, 7) is 13.9. The molecule has 0 heterocycles. The van der Waals surface area contributed by atoms with Crippen molar-refractivity contribution in [2.75, 3.05) is 0 Å². The molecule has 4 aromatic rings. The molecule has 4 aromatic carbocycles. The molecule has 0 aromatic heterocycles. The Kier molecular flexibility index (Phi) is 6.11. The van der Waals surface area contributed by atoms with Crippen molar-refractivity contribution in [2.45, 2.75) is 58.8 Å². The van der Waals surface area contributed by atoms with Gasteiger partial charge in [-0.05, 0) is 102 Å². The van der Waals surface area contributed by atoms with Crippen LogP contribution in [0.3, 0.4) is 0 Å². The van der Waals surface area contributed by atoms with Crippen molar-refractivity contribution in [1.82, 2.24) is 0 Å². The minimum atomic E-state index is -0.0784.